The second-order valence-electron chi connectivity index (χ2n) is 6.94. The summed E-state index contributed by atoms with van der Waals surface area (Å²) in [5.41, 5.74) is -0.250. The lowest BCUT2D eigenvalue weighted by Crippen LogP contribution is -2.26. The summed E-state index contributed by atoms with van der Waals surface area (Å²) in [6.45, 7) is 1.88. The van der Waals surface area contributed by atoms with Crippen LogP contribution < -0.4 is 20.5 Å². The maximum atomic E-state index is 14.4. The first-order chi connectivity index (χ1) is 15.0. The number of fused-ring (bicyclic) bond motifs is 1. The van der Waals surface area contributed by atoms with E-state index in [1.807, 2.05) is 0 Å². The average molecular weight is 433 g/mol. The number of nitrogens with zero attached hydrogens (tertiary/aromatic N) is 4. The van der Waals surface area contributed by atoms with E-state index in [4.69, 9.17) is 14.2 Å². The van der Waals surface area contributed by atoms with Gasteiger partial charge >= 0.3 is 5.69 Å². The summed E-state index contributed by atoms with van der Waals surface area (Å²) in [6.07, 6.45) is 3.52. The van der Waals surface area contributed by atoms with Crippen LogP contribution in [0.2, 0.25) is 0 Å². The van der Waals surface area contributed by atoms with Gasteiger partial charge in [-0.3, -0.25) is 9.25 Å². The van der Waals surface area contributed by atoms with Crippen LogP contribution in [0.15, 0.2) is 35.4 Å². The summed E-state index contributed by atoms with van der Waals surface area (Å²) in [7, 11) is 1.66. The lowest BCUT2D eigenvalue weighted by Gasteiger charge is -2.14. The van der Waals surface area contributed by atoms with Crippen molar-refractivity contribution >= 4 is 5.82 Å². The van der Waals surface area contributed by atoms with Crippen molar-refractivity contribution in [3.63, 3.8) is 0 Å². The van der Waals surface area contributed by atoms with Crippen molar-refractivity contribution in [3.8, 4) is 17.4 Å². The Bertz CT molecular complexity index is 1110. The molecule has 0 aliphatic carbocycles. The molecular formula is C20H21F2N5O4. The van der Waals surface area contributed by atoms with Crippen molar-refractivity contribution in [1.82, 2.24) is 19.3 Å². The van der Waals surface area contributed by atoms with Crippen molar-refractivity contribution in [2.24, 2.45) is 7.05 Å². The topological polar surface area (TPSA) is 92.4 Å². The quantitative estimate of drug-likeness (QED) is 0.661. The first kappa shape index (κ1) is 20.8. The number of hydrogen-bond donors (Lipinski definition) is 1. The number of aryl methyl sites for hydroxylation is 1. The number of rotatable bonds is 5. The molecule has 0 atom stereocenters. The van der Waals surface area contributed by atoms with Gasteiger partial charge in [0.1, 0.15) is 12.4 Å². The molecule has 4 rings (SSSR count). The van der Waals surface area contributed by atoms with Crippen LogP contribution >= 0.6 is 0 Å². The second kappa shape index (κ2) is 9.13. The van der Waals surface area contributed by atoms with Crippen LogP contribution in [-0.2, 0) is 24.9 Å². The lowest BCUT2D eigenvalue weighted by atomic mass is 10.2. The van der Waals surface area contributed by atoms with Gasteiger partial charge in [-0.2, -0.15) is 10.1 Å². The van der Waals surface area contributed by atoms with Crippen LogP contribution in [0.1, 0.15) is 12.0 Å². The molecule has 2 aromatic heterocycles. The van der Waals surface area contributed by atoms with Crippen LogP contribution in [0.25, 0.3) is 0 Å². The zero-order valence-corrected chi connectivity index (χ0v) is 16.8. The summed E-state index contributed by atoms with van der Waals surface area (Å²) >= 11 is 0. The van der Waals surface area contributed by atoms with Crippen molar-refractivity contribution in [2.45, 2.75) is 19.6 Å². The smallest absolute Gasteiger partial charge is 0.352 e. The average Bonchev–Trinajstić information content (AvgIpc) is 3.18. The van der Waals surface area contributed by atoms with E-state index in [2.05, 4.69) is 15.4 Å². The summed E-state index contributed by atoms with van der Waals surface area (Å²) in [4.78, 5) is 16.3. The molecule has 0 amide bonds. The summed E-state index contributed by atoms with van der Waals surface area (Å²) in [5, 5.41) is 7.00. The standard InChI is InChI=1S/C20H21F2N5O4/c1-26-11-14(10-24-26)31-19-15(21)7-13(8-16(19)22)12-30-18-9-17-23-3-6-29-5-2-4-27(17)20(28)25-18/h7-11,23H,2-6,12H2,1H3. The van der Waals surface area contributed by atoms with Gasteiger partial charge in [-0.05, 0) is 24.1 Å². The van der Waals surface area contributed by atoms with Crippen molar-refractivity contribution in [2.75, 3.05) is 25.1 Å². The zero-order valence-electron chi connectivity index (χ0n) is 16.8. The molecule has 1 aromatic carbocycles. The number of nitrogens with one attached hydrogen (secondary N) is 1. The van der Waals surface area contributed by atoms with E-state index in [9.17, 15) is 13.6 Å². The number of aromatic nitrogens is 4. The molecule has 1 N–H and O–H groups in total. The van der Waals surface area contributed by atoms with Gasteiger partial charge in [0.05, 0.1) is 19.0 Å². The molecule has 0 bridgehead atoms. The molecule has 0 saturated heterocycles. The van der Waals surface area contributed by atoms with Crippen molar-refractivity contribution in [3.05, 3.63) is 58.3 Å². The molecule has 3 aromatic rings. The molecule has 1 aliphatic rings. The van der Waals surface area contributed by atoms with E-state index >= 15 is 0 Å². The Balaban J connectivity index is 1.49. The fourth-order valence-corrected chi connectivity index (χ4v) is 3.12. The van der Waals surface area contributed by atoms with Gasteiger partial charge in [-0.25, -0.2) is 13.6 Å². The maximum Gasteiger partial charge on any atom is 0.352 e. The first-order valence-electron chi connectivity index (χ1n) is 9.70. The van der Waals surface area contributed by atoms with E-state index in [0.29, 0.717) is 38.5 Å². The number of benzene rings is 1. The molecule has 164 valence electrons. The monoisotopic (exact) mass is 433 g/mol. The van der Waals surface area contributed by atoms with Gasteiger partial charge in [-0.15, -0.1) is 0 Å². The molecule has 31 heavy (non-hydrogen) atoms. The number of anilines is 1. The Labute approximate surface area is 176 Å². The van der Waals surface area contributed by atoms with Gasteiger partial charge in [-0.1, -0.05) is 0 Å². The SMILES string of the molecule is Cn1cc(Oc2c(F)cc(COc3cc4n(c(=O)n3)CCCOCCN4)cc2F)cn1. The maximum absolute atomic E-state index is 14.4. The Hall–Kier alpha value is -3.47. The Morgan fingerprint density at radius 1 is 1.23 bits per heavy atom. The van der Waals surface area contributed by atoms with E-state index in [0.717, 1.165) is 12.1 Å². The van der Waals surface area contributed by atoms with E-state index in [1.165, 1.54) is 21.6 Å². The predicted octanol–water partition coefficient (Wildman–Crippen LogP) is 2.46. The minimum Gasteiger partial charge on any atom is -0.473 e. The van der Waals surface area contributed by atoms with Crippen molar-refractivity contribution in [1.29, 1.82) is 0 Å². The highest BCUT2D eigenvalue weighted by Gasteiger charge is 2.16. The van der Waals surface area contributed by atoms with Gasteiger partial charge < -0.3 is 19.5 Å². The molecule has 0 unspecified atom stereocenters. The largest absolute Gasteiger partial charge is 0.473 e. The Kier molecular flexibility index (Phi) is 6.12. The van der Waals surface area contributed by atoms with Gasteiger partial charge in [0.25, 0.3) is 0 Å². The minimum atomic E-state index is -0.883. The van der Waals surface area contributed by atoms with E-state index in [1.54, 1.807) is 13.1 Å². The zero-order chi connectivity index (χ0) is 21.8. The molecule has 9 nitrogen and oxygen atoms in total. The minimum absolute atomic E-state index is 0.0559. The summed E-state index contributed by atoms with van der Waals surface area (Å²) < 4.78 is 47.9. The van der Waals surface area contributed by atoms with Crippen molar-refractivity contribution < 1.29 is 23.0 Å². The number of halogens is 2. The molecule has 0 spiro atoms. The summed E-state index contributed by atoms with van der Waals surface area (Å²) in [5.74, 6) is -1.48. The predicted molar refractivity (Wildman–Crippen MR) is 106 cm³/mol. The Morgan fingerprint density at radius 2 is 2.03 bits per heavy atom. The third-order valence-corrected chi connectivity index (χ3v) is 4.56. The third kappa shape index (κ3) is 5.00. The third-order valence-electron chi connectivity index (χ3n) is 4.56. The first-order valence-corrected chi connectivity index (χ1v) is 9.70. The highest BCUT2D eigenvalue weighted by molar-refractivity contribution is 5.39. The molecule has 0 saturated carbocycles. The highest BCUT2D eigenvalue weighted by Crippen LogP contribution is 2.28. The molecule has 0 fully saturated rings. The molecule has 0 radical (unpaired) electrons. The van der Waals surface area contributed by atoms with Crippen LogP contribution in [0, 0.1) is 11.6 Å². The second-order valence-corrected chi connectivity index (χ2v) is 6.94. The Morgan fingerprint density at radius 3 is 2.77 bits per heavy atom. The summed E-state index contributed by atoms with van der Waals surface area (Å²) in [6, 6.07) is 3.79. The van der Waals surface area contributed by atoms with Crippen LogP contribution in [0.3, 0.4) is 0 Å². The highest BCUT2D eigenvalue weighted by atomic mass is 19.1. The molecular weight excluding hydrogens is 412 g/mol. The van der Waals surface area contributed by atoms with E-state index in [-0.39, 0.29) is 23.8 Å². The van der Waals surface area contributed by atoms with Gasteiger partial charge in [0, 0.05) is 32.8 Å². The van der Waals surface area contributed by atoms with Crippen LogP contribution in [-0.4, -0.2) is 39.1 Å². The van der Waals surface area contributed by atoms with Gasteiger partial charge in [0.2, 0.25) is 5.88 Å². The lowest BCUT2D eigenvalue weighted by molar-refractivity contribution is 0.140. The fourth-order valence-electron chi connectivity index (χ4n) is 3.12. The van der Waals surface area contributed by atoms with Crippen LogP contribution in [0.4, 0.5) is 14.6 Å². The molecule has 1 aliphatic heterocycles. The normalized spacial score (nSPS) is 14.0. The fraction of sp³-hybridized carbons (Fsp3) is 0.350. The number of hydrogen-bond acceptors (Lipinski definition) is 7. The molecule has 3 heterocycles. The van der Waals surface area contributed by atoms with Crippen LogP contribution in [0.5, 0.6) is 17.4 Å². The molecule has 11 heteroatoms. The number of ether oxygens (including phenoxy) is 3. The van der Waals surface area contributed by atoms with E-state index < -0.39 is 23.1 Å². The van der Waals surface area contributed by atoms with Gasteiger partial charge in [0.15, 0.2) is 23.1 Å².